The number of carbonyl (C=O) groups excluding carboxylic acids is 2. The molecule has 2 atom stereocenters. The van der Waals surface area contributed by atoms with Crippen LogP contribution < -0.4 is 10.1 Å². The lowest BCUT2D eigenvalue weighted by Crippen LogP contribution is -2.48. The van der Waals surface area contributed by atoms with E-state index >= 15 is 0 Å². The van der Waals surface area contributed by atoms with Crippen LogP contribution in [0.4, 0.5) is 0 Å². The first-order chi connectivity index (χ1) is 14.4. The quantitative estimate of drug-likeness (QED) is 0.579. The minimum Gasteiger partial charge on any atom is -0.494 e. The van der Waals surface area contributed by atoms with Crippen LogP contribution in [0, 0.1) is 0 Å². The highest BCUT2D eigenvalue weighted by Gasteiger charge is 2.32. The Morgan fingerprint density at radius 1 is 1.37 bits per heavy atom. The zero-order valence-electron chi connectivity index (χ0n) is 17.0. The summed E-state index contributed by atoms with van der Waals surface area (Å²) in [5.74, 6) is -0.105. The molecule has 2 aromatic rings. The highest BCUT2D eigenvalue weighted by molar-refractivity contribution is 6.29. The molecule has 0 aliphatic carbocycles. The number of aromatic nitrogens is 2. The summed E-state index contributed by atoms with van der Waals surface area (Å²) in [6.07, 6.45) is 2.37. The Bertz CT molecular complexity index is 981. The zero-order valence-corrected chi connectivity index (χ0v) is 17.8. The molecule has 0 bridgehead atoms. The van der Waals surface area contributed by atoms with Gasteiger partial charge in [0.2, 0.25) is 5.91 Å². The molecule has 30 heavy (non-hydrogen) atoms. The van der Waals surface area contributed by atoms with Crippen molar-refractivity contribution in [2.75, 3.05) is 27.3 Å². The number of rotatable bonds is 5. The number of nitrogens with one attached hydrogen (secondary N) is 1. The molecule has 0 radical (unpaired) electrons. The molecule has 2 aromatic heterocycles. The van der Waals surface area contributed by atoms with Crippen molar-refractivity contribution in [1.82, 2.24) is 20.2 Å². The van der Waals surface area contributed by atoms with Crippen molar-refractivity contribution < 1.29 is 19.1 Å². The monoisotopic (exact) mass is 430 g/mol. The van der Waals surface area contributed by atoms with Crippen molar-refractivity contribution in [3.05, 3.63) is 53.3 Å². The molecule has 158 valence electrons. The van der Waals surface area contributed by atoms with Gasteiger partial charge in [0.25, 0.3) is 5.91 Å². The molecule has 3 rings (SSSR count). The van der Waals surface area contributed by atoms with Gasteiger partial charge in [0.15, 0.2) is 0 Å². The molecule has 1 fully saturated rings. The maximum absolute atomic E-state index is 12.2. The van der Waals surface area contributed by atoms with E-state index in [9.17, 15) is 9.59 Å². The zero-order chi connectivity index (χ0) is 21.8. The van der Waals surface area contributed by atoms with Gasteiger partial charge in [-0.15, -0.1) is 0 Å². The number of pyridine rings is 2. The molecule has 8 nitrogen and oxygen atoms in total. The average Bonchev–Trinajstić information content (AvgIpc) is 2.77. The number of amides is 2. The van der Waals surface area contributed by atoms with Gasteiger partial charge in [-0.25, -0.2) is 4.98 Å². The Kier molecular flexibility index (Phi) is 6.69. The van der Waals surface area contributed by atoms with Crippen LogP contribution in [0.3, 0.4) is 0 Å². The molecule has 0 aromatic carbocycles. The van der Waals surface area contributed by atoms with Gasteiger partial charge in [0.05, 0.1) is 42.9 Å². The maximum Gasteiger partial charge on any atom is 0.254 e. The third kappa shape index (κ3) is 4.29. The van der Waals surface area contributed by atoms with E-state index in [0.717, 1.165) is 5.56 Å². The standard InChI is InChI=1S/C21H23ClN4O4/c1-5-19(27)26-6-7-30-20(12(26)2)13-8-16(25-18(22)9-13)15-10-14(21(28)23-3)17(29-4)11-24-15/h5,8-12,20H,1,6-7H2,2-4H3,(H,23,28)/t12-,20+/m0/s1. The van der Waals surface area contributed by atoms with E-state index in [2.05, 4.69) is 21.9 Å². The Morgan fingerprint density at radius 2 is 2.13 bits per heavy atom. The van der Waals surface area contributed by atoms with Gasteiger partial charge in [-0.1, -0.05) is 18.2 Å². The molecular weight excluding hydrogens is 408 g/mol. The predicted octanol–water partition coefficient (Wildman–Crippen LogP) is 2.64. The fourth-order valence-electron chi connectivity index (χ4n) is 3.46. The van der Waals surface area contributed by atoms with Crippen LogP contribution in [0.2, 0.25) is 5.15 Å². The maximum atomic E-state index is 12.2. The van der Waals surface area contributed by atoms with Crippen LogP contribution in [0.15, 0.2) is 37.1 Å². The third-order valence-electron chi connectivity index (χ3n) is 4.98. The Hall–Kier alpha value is -2.97. The first-order valence-corrected chi connectivity index (χ1v) is 9.76. The molecule has 0 spiro atoms. The summed E-state index contributed by atoms with van der Waals surface area (Å²) in [6, 6.07) is 4.88. The van der Waals surface area contributed by atoms with Gasteiger partial charge in [-0.2, -0.15) is 0 Å². The van der Waals surface area contributed by atoms with Crippen LogP contribution in [0.1, 0.15) is 28.9 Å². The fraction of sp³-hybridized carbons (Fsp3) is 0.333. The summed E-state index contributed by atoms with van der Waals surface area (Å²) in [5, 5.41) is 2.83. The fourth-order valence-corrected chi connectivity index (χ4v) is 3.67. The second-order valence-corrected chi connectivity index (χ2v) is 7.11. The smallest absolute Gasteiger partial charge is 0.254 e. The van der Waals surface area contributed by atoms with Crippen molar-refractivity contribution >= 4 is 23.4 Å². The van der Waals surface area contributed by atoms with Gasteiger partial charge in [0, 0.05) is 13.6 Å². The number of morpholine rings is 1. The molecule has 2 amide bonds. The third-order valence-corrected chi connectivity index (χ3v) is 5.18. The van der Waals surface area contributed by atoms with Gasteiger partial charge in [0.1, 0.15) is 17.0 Å². The second-order valence-electron chi connectivity index (χ2n) is 6.73. The van der Waals surface area contributed by atoms with Gasteiger partial charge in [-0.3, -0.25) is 14.6 Å². The topological polar surface area (TPSA) is 93.7 Å². The van der Waals surface area contributed by atoms with E-state index < -0.39 is 6.10 Å². The van der Waals surface area contributed by atoms with Crippen LogP contribution in [0.25, 0.3) is 11.4 Å². The molecule has 1 aliphatic heterocycles. The van der Waals surface area contributed by atoms with Gasteiger partial charge >= 0.3 is 0 Å². The lowest BCUT2D eigenvalue weighted by Gasteiger charge is -2.39. The van der Waals surface area contributed by atoms with E-state index in [4.69, 9.17) is 21.1 Å². The van der Waals surface area contributed by atoms with Gasteiger partial charge in [-0.05, 0) is 36.8 Å². The van der Waals surface area contributed by atoms with E-state index in [1.165, 1.54) is 26.4 Å². The largest absolute Gasteiger partial charge is 0.494 e. The molecule has 1 saturated heterocycles. The van der Waals surface area contributed by atoms with Crippen LogP contribution >= 0.6 is 11.6 Å². The van der Waals surface area contributed by atoms with Crippen molar-refractivity contribution in [1.29, 1.82) is 0 Å². The van der Waals surface area contributed by atoms with Crippen molar-refractivity contribution in [2.45, 2.75) is 19.1 Å². The number of ether oxygens (including phenoxy) is 2. The van der Waals surface area contributed by atoms with E-state index in [0.29, 0.717) is 35.9 Å². The van der Waals surface area contributed by atoms with Crippen LogP contribution in [-0.2, 0) is 9.53 Å². The van der Waals surface area contributed by atoms with Gasteiger partial charge < -0.3 is 19.7 Å². The normalized spacial score (nSPS) is 18.6. The Morgan fingerprint density at radius 3 is 2.80 bits per heavy atom. The molecule has 9 heteroatoms. The summed E-state index contributed by atoms with van der Waals surface area (Å²) in [7, 11) is 3.01. The summed E-state index contributed by atoms with van der Waals surface area (Å²) in [6.45, 7) is 6.36. The van der Waals surface area contributed by atoms with Crippen LogP contribution in [0.5, 0.6) is 5.75 Å². The lowest BCUT2D eigenvalue weighted by atomic mass is 9.99. The number of hydrogen-bond donors (Lipinski definition) is 1. The van der Waals surface area contributed by atoms with Crippen molar-refractivity contribution in [3.8, 4) is 17.1 Å². The van der Waals surface area contributed by atoms with Crippen molar-refractivity contribution in [3.63, 3.8) is 0 Å². The minimum atomic E-state index is -0.390. The number of halogens is 1. The highest BCUT2D eigenvalue weighted by Crippen LogP contribution is 2.32. The summed E-state index contributed by atoms with van der Waals surface area (Å²) >= 11 is 6.29. The lowest BCUT2D eigenvalue weighted by molar-refractivity contribution is -0.140. The summed E-state index contributed by atoms with van der Waals surface area (Å²) in [5.41, 5.74) is 2.03. The first kappa shape index (κ1) is 21.7. The number of hydrogen-bond acceptors (Lipinski definition) is 6. The first-order valence-electron chi connectivity index (χ1n) is 9.38. The molecule has 1 N–H and O–H groups in total. The molecule has 1 aliphatic rings. The minimum absolute atomic E-state index is 0.150. The van der Waals surface area contributed by atoms with E-state index in [-0.39, 0.29) is 23.0 Å². The Labute approximate surface area is 179 Å². The molecule has 0 saturated carbocycles. The SMILES string of the molecule is C=CC(=O)N1CCO[C@@H](c2cc(Cl)nc(-c3cc(C(=O)NC)c(OC)cn3)c2)[C@@H]1C. The van der Waals surface area contributed by atoms with E-state index in [1.807, 2.05) is 6.92 Å². The molecule has 3 heterocycles. The highest BCUT2D eigenvalue weighted by atomic mass is 35.5. The number of nitrogens with zero attached hydrogens (tertiary/aromatic N) is 3. The molecule has 0 unspecified atom stereocenters. The summed E-state index contributed by atoms with van der Waals surface area (Å²) < 4.78 is 11.2. The summed E-state index contributed by atoms with van der Waals surface area (Å²) in [4.78, 5) is 34.8. The predicted molar refractivity (Wildman–Crippen MR) is 112 cm³/mol. The average molecular weight is 431 g/mol. The van der Waals surface area contributed by atoms with E-state index in [1.54, 1.807) is 23.1 Å². The second kappa shape index (κ2) is 9.23. The number of carbonyl (C=O) groups is 2. The molecular formula is C21H23ClN4O4. The van der Waals surface area contributed by atoms with Crippen molar-refractivity contribution in [2.24, 2.45) is 0 Å². The Balaban J connectivity index is 2.01. The number of methoxy groups -OCH3 is 1. The van der Waals surface area contributed by atoms with Crippen LogP contribution in [-0.4, -0.2) is 60.0 Å².